The van der Waals surface area contributed by atoms with Crippen molar-refractivity contribution in [3.63, 3.8) is 0 Å². The summed E-state index contributed by atoms with van der Waals surface area (Å²) in [5.41, 5.74) is 3.26. The summed E-state index contributed by atoms with van der Waals surface area (Å²) in [6.07, 6.45) is 11.3. The van der Waals surface area contributed by atoms with E-state index in [-0.39, 0.29) is 0 Å². The molecule has 1 N–H and O–H groups in total. The Kier molecular flexibility index (Phi) is 3.79. The maximum Gasteiger partial charge on any atom is 0.0132 e. The highest BCUT2D eigenvalue weighted by atomic mass is 15.0. The molecule has 2 fully saturated rings. The molecule has 1 aromatic carbocycles. The second-order valence-electron chi connectivity index (χ2n) is 7.80. The molecule has 114 valence electrons. The third-order valence-electron chi connectivity index (χ3n) is 6.57. The third-order valence-corrected chi connectivity index (χ3v) is 6.57. The van der Waals surface area contributed by atoms with E-state index < -0.39 is 0 Å². The zero-order valence-electron chi connectivity index (χ0n) is 13.4. The number of benzene rings is 1. The van der Waals surface area contributed by atoms with Gasteiger partial charge in [0.25, 0.3) is 0 Å². The van der Waals surface area contributed by atoms with E-state index in [1.54, 1.807) is 11.1 Å². The molecule has 2 bridgehead atoms. The third kappa shape index (κ3) is 2.65. The van der Waals surface area contributed by atoms with Gasteiger partial charge >= 0.3 is 0 Å². The molecule has 0 amide bonds. The van der Waals surface area contributed by atoms with E-state index in [0.29, 0.717) is 0 Å². The van der Waals surface area contributed by atoms with Crippen LogP contribution in [0.2, 0.25) is 0 Å². The summed E-state index contributed by atoms with van der Waals surface area (Å²) >= 11 is 0. The summed E-state index contributed by atoms with van der Waals surface area (Å²) < 4.78 is 0. The molecular formula is C20H29N. The van der Waals surface area contributed by atoms with Crippen LogP contribution < -0.4 is 5.32 Å². The van der Waals surface area contributed by atoms with E-state index in [0.717, 1.165) is 29.8 Å². The smallest absolute Gasteiger partial charge is 0.0132 e. The van der Waals surface area contributed by atoms with Gasteiger partial charge in [-0.1, -0.05) is 37.1 Å². The van der Waals surface area contributed by atoms with Crippen LogP contribution in [0.4, 0.5) is 0 Å². The lowest BCUT2D eigenvalue weighted by Crippen LogP contribution is -2.45. The van der Waals surface area contributed by atoms with Gasteiger partial charge in [-0.25, -0.2) is 0 Å². The zero-order chi connectivity index (χ0) is 14.2. The average Bonchev–Trinajstić information content (AvgIpc) is 3.08. The van der Waals surface area contributed by atoms with Crippen molar-refractivity contribution in [1.29, 1.82) is 0 Å². The van der Waals surface area contributed by atoms with Gasteiger partial charge in [0.05, 0.1) is 0 Å². The van der Waals surface area contributed by atoms with Crippen LogP contribution in [-0.4, -0.2) is 12.1 Å². The lowest BCUT2D eigenvalue weighted by Gasteiger charge is -2.30. The number of rotatable bonds is 3. The van der Waals surface area contributed by atoms with Crippen LogP contribution in [-0.2, 0) is 12.8 Å². The lowest BCUT2D eigenvalue weighted by molar-refractivity contribution is 0.268. The molecular weight excluding hydrogens is 254 g/mol. The Balaban J connectivity index is 1.49. The predicted octanol–water partition coefficient (Wildman–Crippen LogP) is 4.35. The van der Waals surface area contributed by atoms with Crippen LogP contribution in [0.15, 0.2) is 24.3 Å². The SMILES string of the molecule is C[C@@H](NC1C2CCC1Cc1ccccc1C2)C1CCCC1. The minimum atomic E-state index is 0.724. The van der Waals surface area contributed by atoms with Crippen molar-refractivity contribution in [2.75, 3.05) is 0 Å². The maximum atomic E-state index is 4.10. The number of nitrogens with one attached hydrogen (secondary N) is 1. The van der Waals surface area contributed by atoms with Crippen molar-refractivity contribution < 1.29 is 0 Å². The molecule has 0 aromatic heterocycles. The molecule has 2 saturated carbocycles. The van der Waals surface area contributed by atoms with Gasteiger partial charge in [0.2, 0.25) is 0 Å². The number of hydrogen-bond acceptors (Lipinski definition) is 1. The number of fused-ring (bicyclic) bond motifs is 3. The van der Waals surface area contributed by atoms with Gasteiger partial charge in [0, 0.05) is 12.1 Å². The van der Waals surface area contributed by atoms with Crippen molar-refractivity contribution in [3.8, 4) is 0 Å². The molecule has 2 unspecified atom stereocenters. The van der Waals surface area contributed by atoms with Crippen LogP contribution in [0.25, 0.3) is 0 Å². The molecule has 3 aliphatic rings. The summed E-state index contributed by atoms with van der Waals surface area (Å²) in [6.45, 7) is 2.45. The molecule has 3 atom stereocenters. The van der Waals surface area contributed by atoms with Gasteiger partial charge < -0.3 is 5.32 Å². The Bertz CT molecular complexity index is 455. The van der Waals surface area contributed by atoms with Gasteiger partial charge in [-0.2, -0.15) is 0 Å². The summed E-state index contributed by atoms with van der Waals surface area (Å²) in [5, 5.41) is 4.10. The molecule has 3 aliphatic carbocycles. The largest absolute Gasteiger partial charge is 0.311 e. The van der Waals surface area contributed by atoms with Crippen molar-refractivity contribution in [2.24, 2.45) is 17.8 Å². The summed E-state index contributed by atoms with van der Waals surface area (Å²) in [6, 6.07) is 10.7. The average molecular weight is 283 g/mol. The topological polar surface area (TPSA) is 12.0 Å². The Morgan fingerprint density at radius 1 is 0.905 bits per heavy atom. The summed E-state index contributed by atoms with van der Waals surface area (Å²) in [7, 11) is 0. The van der Waals surface area contributed by atoms with E-state index in [4.69, 9.17) is 0 Å². The second-order valence-corrected chi connectivity index (χ2v) is 7.80. The molecule has 1 heteroatoms. The molecule has 21 heavy (non-hydrogen) atoms. The predicted molar refractivity (Wildman–Crippen MR) is 88.4 cm³/mol. The molecule has 1 aromatic rings. The van der Waals surface area contributed by atoms with E-state index in [9.17, 15) is 0 Å². The monoisotopic (exact) mass is 283 g/mol. The van der Waals surface area contributed by atoms with Gasteiger partial charge in [-0.15, -0.1) is 0 Å². The fourth-order valence-corrected chi connectivity index (χ4v) is 5.32. The Morgan fingerprint density at radius 2 is 1.48 bits per heavy atom. The minimum Gasteiger partial charge on any atom is -0.311 e. The van der Waals surface area contributed by atoms with E-state index in [2.05, 4.69) is 36.5 Å². The fourth-order valence-electron chi connectivity index (χ4n) is 5.32. The lowest BCUT2D eigenvalue weighted by atomic mass is 9.91. The summed E-state index contributed by atoms with van der Waals surface area (Å²) in [4.78, 5) is 0. The molecule has 0 aliphatic heterocycles. The van der Waals surface area contributed by atoms with Crippen molar-refractivity contribution in [3.05, 3.63) is 35.4 Å². The van der Waals surface area contributed by atoms with E-state index in [1.807, 2.05) is 0 Å². The second kappa shape index (κ2) is 5.76. The first kappa shape index (κ1) is 13.8. The highest BCUT2D eigenvalue weighted by molar-refractivity contribution is 5.30. The zero-order valence-corrected chi connectivity index (χ0v) is 13.4. The van der Waals surface area contributed by atoms with Crippen molar-refractivity contribution in [1.82, 2.24) is 5.32 Å². The first-order valence-electron chi connectivity index (χ1n) is 9.14. The van der Waals surface area contributed by atoms with Crippen molar-refractivity contribution >= 4 is 0 Å². The van der Waals surface area contributed by atoms with Gasteiger partial charge in [0.1, 0.15) is 0 Å². The minimum absolute atomic E-state index is 0.724. The van der Waals surface area contributed by atoms with Crippen LogP contribution in [0.5, 0.6) is 0 Å². The molecule has 0 radical (unpaired) electrons. The first-order valence-corrected chi connectivity index (χ1v) is 9.14. The highest BCUT2D eigenvalue weighted by Gasteiger charge is 2.40. The standard InChI is InChI=1S/C20H29N/c1-14(15-6-2-3-7-15)21-20-18-10-11-19(20)13-17-9-5-4-8-16(17)12-18/h4-5,8-9,14-15,18-21H,2-3,6-7,10-13H2,1H3/t14-,18?,19?,20?/m1/s1. The quantitative estimate of drug-likeness (QED) is 0.869. The maximum absolute atomic E-state index is 4.10. The van der Waals surface area contributed by atoms with Gasteiger partial charge in [-0.3, -0.25) is 0 Å². The van der Waals surface area contributed by atoms with Gasteiger partial charge in [0.15, 0.2) is 0 Å². The molecule has 0 spiro atoms. The van der Waals surface area contributed by atoms with Crippen LogP contribution in [0, 0.1) is 17.8 Å². The van der Waals surface area contributed by atoms with Crippen molar-refractivity contribution in [2.45, 2.75) is 70.4 Å². The van der Waals surface area contributed by atoms with E-state index in [1.165, 1.54) is 51.4 Å². The Hall–Kier alpha value is -0.820. The highest BCUT2D eigenvalue weighted by Crippen LogP contribution is 2.41. The van der Waals surface area contributed by atoms with Crippen LogP contribution in [0.1, 0.15) is 56.6 Å². The molecule has 4 rings (SSSR count). The Labute approximate surface area is 129 Å². The van der Waals surface area contributed by atoms with Crippen LogP contribution in [0.3, 0.4) is 0 Å². The van der Waals surface area contributed by atoms with E-state index >= 15 is 0 Å². The number of hydrogen-bond donors (Lipinski definition) is 1. The molecule has 1 nitrogen and oxygen atoms in total. The van der Waals surface area contributed by atoms with Gasteiger partial charge in [-0.05, 0) is 74.3 Å². The molecule has 0 heterocycles. The fraction of sp³-hybridized carbons (Fsp3) is 0.700. The Morgan fingerprint density at radius 3 is 2.05 bits per heavy atom. The van der Waals surface area contributed by atoms with Crippen LogP contribution >= 0.6 is 0 Å². The first-order chi connectivity index (χ1) is 10.3. The normalized spacial score (nSPS) is 33.7. The summed E-state index contributed by atoms with van der Waals surface area (Å²) in [5.74, 6) is 2.69. The molecule has 0 saturated heterocycles.